The fraction of sp³-hybridized carbons (Fsp3) is 0.455. The molecule has 0 aromatic heterocycles. The molecule has 1 atom stereocenters. The lowest BCUT2D eigenvalue weighted by atomic mass is 10.2. The summed E-state index contributed by atoms with van der Waals surface area (Å²) in [7, 11) is 0. The molecule has 1 unspecified atom stereocenters. The Morgan fingerprint density at radius 2 is 2.07 bits per heavy atom. The number of aryl methyl sites for hydroxylation is 1. The van der Waals surface area contributed by atoms with Crippen molar-refractivity contribution in [3.63, 3.8) is 0 Å². The number of aliphatic hydroxyl groups excluding tert-OH is 1. The Kier molecular flexibility index (Phi) is 5.09. The van der Waals surface area contributed by atoms with Gasteiger partial charge in [0, 0.05) is 4.47 Å². The van der Waals surface area contributed by atoms with Crippen LogP contribution in [0.1, 0.15) is 18.9 Å². The van der Waals surface area contributed by atoms with E-state index in [2.05, 4.69) is 31.9 Å². The first kappa shape index (κ1) is 13.0. The fourth-order valence-corrected chi connectivity index (χ4v) is 2.72. The number of halogens is 2. The summed E-state index contributed by atoms with van der Waals surface area (Å²) in [6.45, 7) is 4.23. The van der Waals surface area contributed by atoms with Crippen LogP contribution in [0.4, 0.5) is 0 Å². The highest BCUT2D eigenvalue weighted by Gasteiger charge is 2.09. The number of benzene rings is 1. The van der Waals surface area contributed by atoms with Crippen LogP contribution in [0.2, 0.25) is 0 Å². The van der Waals surface area contributed by atoms with Gasteiger partial charge >= 0.3 is 0 Å². The van der Waals surface area contributed by atoms with Crippen molar-refractivity contribution >= 4 is 31.9 Å². The van der Waals surface area contributed by atoms with Gasteiger partial charge in [-0.3, -0.25) is 0 Å². The number of hydrogen-bond acceptors (Lipinski definition) is 2. The van der Waals surface area contributed by atoms with E-state index in [9.17, 15) is 5.11 Å². The normalized spacial score (nSPS) is 12.6. The molecule has 0 heterocycles. The lowest BCUT2D eigenvalue weighted by Crippen LogP contribution is -2.16. The lowest BCUT2D eigenvalue weighted by Gasteiger charge is -2.14. The van der Waals surface area contributed by atoms with E-state index < -0.39 is 6.10 Å². The maximum atomic E-state index is 9.41. The molecule has 2 nitrogen and oxygen atoms in total. The number of ether oxygens (including phenoxy) is 1. The van der Waals surface area contributed by atoms with Gasteiger partial charge in [0.1, 0.15) is 12.4 Å². The van der Waals surface area contributed by atoms with Crippen molar-refractivity contribution in [1.82, 2.24) is 0 Å². The smallest absolute Gasteiger partial charge is 0.136 e. The average Bonchev–Trinajstić information content (AvgIpc) is 2.15. The van der Waals surface area contributed by atoms with Crippen LogP contribution in [0, 0.1) is 6.92 Å². The van der Waals surface area contributed by atoms with Crippen LogP contribution in [0.3, 0.4) is 0 Å². The molecule has 1 aromatic rings. The molecule has 4 heteroatoms. The largest absolute Gasteiger partial charge is 0.489 e. The van der Waals surface area contributed by atoms with E-state index in [4.69, 9.17) is 4.74 Å². The number of aliphatic hydroxyl groups is 1. The Morgan fingerprint density at radius 3 is 2.60 bits per heavy atom. The van der Waals surface area contributed by atoms with Gasteiger partial charge in [-0.15, -0.1) is 0 Å². The summed E-state index contributed by atoms with van der Waals surface area (Å²) in [5.74, 6) is 0.797. The fourth-order valence-electron chi connectivity index (χ4n) is 1.17. The quantitative estimate of drug-likeness (QED) is 0.908. The molecule has 1 rings (SSSR count). The second-order valence-electron chi connectivity index (χ2n) is 3.41. The molecular weight excluding hydrogens is 324 g/mol. The molecule has 0 saturated carbocycles. The van der Waals surface area contributed by atoms with Gasteiger partial charge in [-0.05, 0) is 47.0 Å². The zero-order chi connectivity index (χ0) is 11.4. The molecular formula is C11H14Br2O2. The Hall–Kier alpha value is -0.0600. The third-order valence-electron chi connectivity index (χ3n) is 2.09. The highest BCUT2D eigenvalue weighted by molar-refractivity contribution is 9.11. The minimum Gasteiger partial charge on any atom is -0.489 e. The lowest BCUT2D eigenvalue weighted by molar-refractivity contribution is 0.103. The molecule has 0 fully saturated rings. The van der Waals surface area contributed by atoms with E-state index in [1.165, 1.54) is 0 Å². The summed E-state index contributed by atoms with van der Waals surface area (Å²) in [5.41, 5.74) is 1.04. The predicted molar refractivity (Wildman–Crippen MR) is 68.4 cm³/mol. The monoisotopic (exact) mass is 336 g/mol. The summed E-state index contributed by atoms with van der Waals surface area (Å²) in [4.78, 5) is 0. The third kappa shape index (κ3) is 3.78. The van der Waals surface area contributed by atoms with Crippen molar-refractivity contribution in [2.24, 2.45) is 0 Å². The highest BCUT2D eigenvalue weighted by Crippen LogP contribution is 2.32. The van der Waals surface area contributed by atoms with Crippen molar-refractivity contribution in [3.05, 3.63) is 26.6 Å². The molecule has 0 amide bonds. The maximum absolute atomic E-state index is 9.41. The Labute approximate surface area is 107 Å². The minimum atomic E-state index is -0.403. The predicted octanol–water partition coefficient (Wildman–Crippen LogP) is 3.67. The molecule has 0 bridgehead atoms. The van der Waals surface area contributed by atoms with Crippen molar-refractivity contribution < 1.29 is 9.84 Å². The van der Waals surface area contributed by atoms with Gasteiger partial charge in [0.25, 0.3) is 0 Å². The number of hydrogen-bond donors (Lipinski definition) is 1. The average molecular weight is 338 g/mol. The van der Waals surface area contributed by atoms with E-state index in [0.29, 0.717) is 13.0 Å². The first-order chi connectivity index (χ1) is 7.04. The molecule has 0 radical (unpaired) electrons. The SMILES string of the molecule is CCC(O)COc1c(C)cc(Br)cc1Br. The topological polar surface area (TPSA) is 29.5 Å². The van der Waals surface area contributed by atoms with Crippen LogP contribution in [0.15, 0.2) is 21.1 Å². The molecule has 0 spiro atoms. The second kappa shape index (κ2) is 5.87. The molecule has 0 aliphatic carbocycles. The van der Waals surface area contributed by atoms with Gasteiger partial charge in [0.15, 0.2) is 0 Å². The minimum absolute atomic E-state index is 0.331. The van der Waals surface area contributed by atoms with Gasteiger partial charge in [-0.25, -0.2) is 0 Å². The molecule has 0 aliphatic rings. The Bertz CT molecular complexity index is 316. The summed E-state index contributed by atoms with van der Waals surface area (Å²) in [6.07, 6.45) is 0.299. The van der Waals surface area contributed by atoms with E-state index in [-0.39, 0.29) is 0 Å². The standard InChI is InChI=1S/C11H14Br2O2/c1-3-9(14)6-15-11-7(2)4-8(12)5-10(11)13/h4-5,9,14H,3,6H2,1-2H3. The van der Waals surface area contributed by atoms with Crippen molar-refractivity contribution in [1.29, 1.82) is 0 Å². The molecule has 0 aliphatic heterocycles. The first-order valence-electron chi connectivity index (χ1n) is 4.81. The Balaban J connectivity index is 2.77. The maximum Gasteiger partial charge on any atom is 0.136 e. The van der Waals surface area contributed by atoms with Crippen molar-refractivity contribution in [2.45, 2.75) is 26.4 Å². The highest BCUT2D eigenvalue weighted by atomic mass is 79.9. The second-order valence-corrected chi connectivity index (χ2v) is 5.18. The van der Waals surface area contributed by atoms with Crippen LogP contribution >= 0.6 is 31.9 Å². The summed E-state index contributed by atoms with van der Waals surface area (Å²) in [6, 6.07) is 3.92. The Morgan fingerprint density at radius 1 is 1.40 bits per heavy atom. The van der Waals surface area contributed by atoms with Crippen molar-refractivity contribution in [2.75, 3.05) is 6.61 Å². The molecule has 0 saturated heterocycles. The molecule has 15 heavy (non-hydrogen) atoms. The number of rotatable bonds is 4. The van der Waals surface area contributed by atoms with E-state index in [0.717, 1.165) is 20.3 Å². The summed E-state index contributed by atoms with van der Waals surface area (Å²) in [5, 5.41) is 9.41. The van der Waals surface area contributed by atoms with Crippen LogP contribution < -0.4 is 4.74 Å². The van der Waals surface area contributed by atoms with Gasteiger partial charge in [-0.2, -0.15) is 0 Å². The van der Waals surface area contributed by atoms with Crippen LogP contribution in [0.5, 0.6) is 5.75 Å². The first-order valence-corrected chi connectivity index (χ1v) is 6.39. The van der Waals surface area contributed by atoms with E-state index in [1.54, 1.807) is 0 Å². The molecule has 84 valence electrons. The van der Waals surface area contributed by atoms with Gasteiger partial charge in [-0.1, -0.05) is 22.9 Å². The van der Waals surface area contributed by atoms with Crippen molar-refractivity contribution in [3.8, 4) is 5.75 Å². The summed E-state index contributed by atoms with van der Waals surface area (Å²) >= 11 is 6.84. The molecule has 1 aromatic carbocycles. The van der Waals surface area contributed by atoms with Crippen LogP contribution in [0.25, 0.3) is 0 Å². The van der Waals surface area contributed by atoms with E-state index in [1.807, 2.05) is 26.0 Å². The zero-order valence-electron chi connectivity index (χ0n) is 8.76. The van der Waals surface area contributed by atoms with Gasteiger partial charge in [0.05, 0.1) is 10.6 Å². The van der Waals surface area contributed by atoms with E-state index >= 15 is 0 Å². The van der Waals surface area contributed by atoms with Gasteiger partial charge in [0.2, 0.25) is 0 Å². The molecule has 1 N–H and O–H groups in total. The van der Waals surface area contributed by atoms with Crippen LogP contribution in [-0.2, 0) is 0 Å². The zero-order valence-corrected chi connectivity index (χ0v) is 11.9. The van der Waals surface area contributed by atoms with Gasteiger partial charge < -0.3 is 9.84 Å². The summed E-state index contributed by atoms with van der Waals surface area (Å²) < 4.78 is 7.47. The third-order valence-corrected chi connectivity index (χ3v) is 3.13. The van der Waals surface area contributed by atoms with Crippen LogP contribution in [-0.4, -0.2) is 17.8 Å².